The van der Waals surface area contributed by atoms with E-state index in [1.165, 1.54) is 43.8 Å². The van der Waals surface area contributed by atoms with Gasteiger partial charge in [-0.2, -0.15) is 0 Å². The van der Waals surface area contributed by atoms with Crippen molar-refractivity contribution in [3.8, 4) is 22.3 Å². The Morgan fingerprint density at radius 2 is 1.02 bits per heavy atom. The molecule has 0 aliphatic heterocycles. The van der Waals surface area contributed by atoms with Crippen LogP contribution >= 0.6 is 0 Å². The molecule has 0 aliphatic carbocycles. The summed E-state index contributed by atoms with van der Waals surface area (Å²) in [6.45, 7) is 0. The van der Waals surface area contributed by atoms with E-state index in [4.69, 9.17) is 4.42 Å². The van der Waals surface area contributed by atoms with E-state index in [-0.39, 0.29) is 0 Å². The maximum atomic E-state index is 6.14. The van der Waals surface area contributed by atoms with Crippen LogP contribution in [0.3, 0.4) is 0 Å². The van der Waals surface area contributed by atoms with Crippen molar-refractivity contribution in [2.24, 2.45) is 0 Å². The number of nitrogens with zero attached hydrogens (tertiary/aromatic N) is 2. The van der Waals surface area contributed by atoms with Crippen LogP contribution in [-0.4, -0.2) is 4.98 Å². The van der Waals surface area contributed by atoms with E-state index >= 15 is 0 Å². The van der Waals surface area contributed by atoms with Crippen molar-refractivity contribution in [1.82, 2.24) is 4.98 Å². The normalized spacial score (nSPS) is 11.5. The minimum absolute atomic E-state index is 0.841. The van der Waals surface area contributed by atoms with E-state index in [1.54, 1.807) is 6.20 Å². The van der Waals surface area contributed by atoms with Crippen LogP contribution in [-0.2, 0) is 0 Å². The summed E-state index contributed by atoms with van der Waals surface area (Å²) in [7, 11) is 0. The van der Waals surface area contributed by atoms with Gasteiger partial charge in [-0.25, -0.2) is 0 Å². The molecule has 0 N–H and O–H groups in total. The molecule has 0 amide bonds. The molecule has 0 atom stereocenters. The number of hydrogen-bond acceptors (Lipinski definition) is 3. The summed E-state index contributed by atoms with van der Waals surface area (Å²) >= 11 is 0. The van der Waals surface area contributed by atoms with Gasteiger partial charge in [0.15, 0.2) is 0 Å². The average Bonchev–Trinajstić information content (AvgIpc) is 3.51. The largest absolute Gasteiger partial charge is 0.456 e. The number of hydrogen-bond donors (Lipinski definition) is 0. The summed E-state index contributed by atoms with van der Waals surface area (Å²) in [6.07, 6.45) is 3.65. The first-order valence-electron chi connectivity index (χ1n) is 15.5. The molecule has 9 rings (SSSR count). The monoisotopic (exact) mass is 588 g/mol. The first-order valence-corrected chi connectivity index (χ1v) is 15.5. The maximum absolute atomic E-state index is 6.14. The predicted octanol–water partition coefficient (Wildman–Crippen LogP) is 12.1. The molecule has 216 valence electrons. The highest BCUT2D eigenvalue weighted by atomic mass is 16.3. The molecule has 7 aromatic carbocycles. The Hall–Kier alpha value is -6.19. The lowest BCUT2D eigenvalue weighted by Crippen LogP contribution is -2.09. The molecule has 2 aromatic heterocycles. The zero-order valence-electron chi connectivity index (χ0n) is 25.0. The standard InChI is InChI=1S/C43H28N2O/c1-2-8-29(9-3-1)30-14-18-33(19-15-30)45(35-22-23-42-40(27-35)41-28-44-25-24-43(41)46-42)34-20-16-31(17-21-34)39-26-32-10-4-5-11-36(32)37-12-6-7-13-38(37)39/h1-28H. The molecule has 0 saturated carbocycles. The highest BCUT2D eigenvalue weighted by Gasteiger charge is 2.17. The predicted molar refractivity (Wildman–Crippen MR) is 192 cm³/mol. The SMILES string of the molecule is c1ccc(-c2ccc(N(c3ccc(-c4cc5ccccc5c5ccccc45)cc3)c3ccc4oc5ccncc5c4c3)cc2)cc1. The van der Waals surface area contributed by atoms with Crippen molar-refractivity contribution >= 4 is 60.5 Å². The Bertz CT molecular complexity index is 2510. The molecule has 0 bridgehead atoms. The summed E-state index contributed by atoms with van der Waals surface area (Å²) in [5, 5.41) is 7.11. The molecular formula is C43H28N2O. The van der Waals surface area contributed by atoms with Crippen LogP contribution in [0.25, 0.3) is 65.7 Å². The van der Waals surface area contributed by atoms with Gasteiger partial charge in [0, 0.05) is 40.2 Å². The van der Waals surface area contributed by atoms with E-state index < -0.39 is 0 Å². The molecule has 0 fully saturated rings. The third-order valence-electron chi connectivity index (χ3n) is 8.95. The van der Waals surface area contributed by atoms with Gasteiger partial charge in [0.2, 0.25) is 0 Å². The minimum atomic E-state index is 0.841. The van der Waals surface area contributed by atoms with Crippen LogP contribution in [0.15, 0.2) is 175 Å². The van der Waals surface area contributed by atoms with E-state index in [2.05, 4.69) is 162 Å². The van der Waals surface area contributed by atoms with E-state index in [0.29, 0.717) is 0 Å². The third-order valence-corrected chi connectivity index (χ3v) is 8.95. The highest BCUT2D eigenvalue weighted by Crippen LogP contribution is 2.41. The molecular weight excluding hydrogens is 560 g/mol. The lowest BCUT2D eigenvalue weighted by atomic mass is 9.93. The second-order valence-electron chi connectivity index (χ2n) is 11.6. The molecule has 9 aromatic rings. The van der Waals surface area contributed by atoms with Crippen molar-refractivity contribution in [2.75, 3.05) is 4.90 Å². The number of furan rings is 1. The molecule has 0 spiro atoms. The van der Waals surface area contributed by atoms with Crippen LogP contribution in [0.2, 0.25) is 0 Å². The van der Waals surface area contributed by atoms with Crippen LogP contribution in [0.1, 0.15) is 0 Å². The third kappa shape index (κ3) is 4.41. The summed E-state index contributed by atoms with van der Waals surface area (Å²) in [5.41, 5.74) is 9.70. The summed E-state index contributed by atoms with van der Waals surface area (Å²) < 4.78 is 6.14. The van der Waals surface area contributed by atoms with Crippen molar-refractivity contribution in [3.05, 3.63) is 170 Å². The van der Waals surface area contributed by atoms with Crippen LogP contribution in [0.5, 0.6) is 0 Å². The Labute approximate surface area is 266 Å². The average molecular weight is 589 g/mol. The number of anilines is 3. The summed E-state index contributed by atoms with van der Waals surface area (Å²) in [6, 6.07) is 56.2. The zero-order valence-corrected chi connectivity index (χ0v) is 25.0. The smallest absolute Gasteiger partial charge is 0.138 e. The second-order valence-corrected chi connectivity index (χ2v) is 11.6. The fourth-order valence-corrected chi connectivity index (χ4v) is 6.71. The highest BCUT2D eigenvalue weighted by molar-refractivity contribution is 6.14. The number of aromatic nitrogens is 1. The first kappa shape index (κ1) is 26.2. The fourth-order valence-electron chi connectivity index (χ4n) is 6.71. The van der Waals surface area contributed by atoms with Gasteiger partial charge in [-0.1, -0.05) is 103 Å². The Balaban J connectivity index is 1.18. The minimum Gasteiger partial charge on any atom is -0.456 e. The zero-order chi connectivity index (χ0) is 30.5. The summed E-state index contributed by atoms with van der Waals surface area (Å²) in [5.74, 6) is 0. The topological polar surface area (TPSA) is 29.3 Å². The van der Waals surface area contributed by atoms with Crippen LogP contribution in [0.4, 0.5) is 17.1 Å². The van der Waals surface area contributed by atoms with E-state index in [0.717, 1.165) is 39.0 Å². The van der Waals surface area contributed by atoms with Gasteiger partial charge in [0.1, 0.15) is 11.2 Å². The molecule has 3 heteroatoms. The number of benzene rings is 7. The Morgan fingerprint density at radius 1 is 0.413 bits per heavy atom. The number of rotatable bonds is 5. The van der Waals surface area contributed by atoms with Crippen molar-refractivity contribution in [1.29, 1.82) is 0 Å². The first-order chi connectivity index (χ1) is 22.8. The van der Waals surface area contributed by atoms with Gasteiger partial charge >= 0.3 is 0 Å². The van der Waals surface area contributed by atoms with Crippen LogP contribution in [0, 0.1) is 0 Å². The molecule has 0 radical (unpaired) electrons. The van der Waals surface area contributed by atoms with Gasteiger partial charge < -0.3 is 9.32 Å². The quantitative estimate of drug-likeness (QED) is 0.187. The second kappa shape index (κ2) is 10.8. The van der Waals surface area contributed by atoms with Crippen molar-refractivity contribution < 1.29 is 4.42 Å². The molecule has 0 unspecified atom stereocenters. The fraction of sp³-hybridized carbons (Fsp3) is 0. The molecule has 46 heavy (non-hydrogen) atoms. The van der Waals surface area contributed by atoms with Gasteiger partial charge in [0.25, 0.3) is 0 Å². The molecule has 2 heterocycles. The van der Waals surface area contributed by atoms with Crippen molar-refractivity contribution in [2.45, 2.75) is 0 Å². The molecule has 0 aliphatic rings. The lowest BCUT2D eigenvalue weighted by molar-refractivity contribution is 0.668. The van der Waals surface area contributed by atoms with Gasteiger partial charge in [-0.05, 0) is 98.4 Å². The Morgan fingerprint density at radius 3 is 1.80 bits per heavy atom. The number of pyridine rings is 1. The van der Waals surface area contributed by atoms with E-state index in [9.17, 15) is 0 Å². The summed E-state index contributed by atoms with van der Waals surface area (Å²) in [4.78, 5) is 6.68. The lowest BCUT2D eigenvalue weighted by Gasteiger charge is -2.26. The maximum Gasteiger partial charge on any atom is 0.138 e. The van der Waals surface area contributed by atoms with Crippen LogP contribution < -0.4 is 4.90 Å². The van der Waals surface area contributed by atoms with Gasteiger partial charge in [-0.15, -0.1) is 0 Å². The Kier molecular flexibility index (Phi) is 6.14. The van der Waals surface area contributed by atoms with E-state index in [1.807, 2.05) is 12.3 Å². The van der Waals surface area contributed by atoms with Gasteiger partial charge in [0.05, 0.1) is 0 Å². The molecule has 3 nitrogen and oxygen atoms in total. The van der Waals surface area contributed by atoms with Gasteiger partial charge in [-0.3, -0.25) is 4.98 Å². The number of fused-ring (bicyclic) bond motifs is 6. The van der Waals surface area contributed by atoms with Crippen molar-refractivity contribution in [3.63, 3.8) is 0 Å². The molecule has 0 saturated heterocycles.